The molecular formula is C29H22BN. The molecule has 4 aromatic carbocycles. The monoisotopic (exact) mass is 395 g/mol. The summed E-state index contributed by atoms with van der Waals surface area (Å²) in [4.78, 5) is 2.30. The van der Waals surface area contributed by atoms with E-state index in [9.17, 15) is 0 Å². The summed E-state index contributed by atoms with van der Waals surface area (Å²) in [6.07, 6.45) is 0. The number of hydrogen-bond acceptors (Lipinski definition) is 1. The van der Waals surface area contributed by atoms with Crippen LogP contribution in [0.5, 0.6) is 0 Å². The molecule has 0 aliphatic heterocycles. The first kappa shape index (κ1) is 19.1. The van der Waals surface area contributed by atoms with Crippen LogP contribution in [0.2, 0.25) is 0 Å². The Balaban J connectivity index is 1.52. The summed E-state index contributed by atoms with van der Waals surface area (Å²) in [6.45, 7) is 2.05. The molecule has 0 unspecified atom stereocenters. The third-order valence-corrected chi connectivity index (χ3v) is 5.48. The molecule has 0 aliphatic carbocycles. The van der Waals surface area contributed by atoms with Gasteiger partial charge < -0.3 is 0 Å². The van der Waals surface area contributed by atoms with Gasteiger partial charge in [-0.1, -0.05) is 0 Å². The van der Waals surface area contributed by atoms with E-state index in [-0.39, 0.29) is 0 Å². The van der Waals surface area contributed by atoms with Crippen molar-refractivity contribution < 1.29 is 0 Å². The summed E-state index contributed by atoms with van der Waals surface area (Å²) < 4.78 is 0. The minimum absolute atomic E-state index is 1.14. The van der Waals surface area contributed by atoms with Crippen LogP contribution < -0.4 is 4.90 Å². The number of benzene rings is 4. The van der Waals surface area contributed by atoms with E-state index in [1.54, 1.807) is 0 Å². The number of anilines is 3. The van der Waals surface area contributed by atoms with Crippen LogP contribution in [0, 0.1) is 0 Å². The predicted octanol–water partition coefficient (Wildman–Crippen LogP) is 7.83. The van der Waals surface area contributed by atoms with Crippen molar-refractivity contribution in [3.63, 3.8) is 0 Å². The van der Waals surface area contributed by atoms with Gasteiger partial charge in [-0.15, -0.1) is 0 Å². The van der Waals surface area contributed by atoms with Crippen molar-refractivity contribution in [3.8, 4) is 22.3 Å². The van der Waals surface area contributed by atoms with Crippen LogP contribution in [-0.4, -0.2) is 6.91 Å². The SMILES string of the molecule is b1ccc(N(c2ccc(-c3ccccc3)cc2)c2ccc(-c3ccccc3)cc2)cc1. The van der Waals surface area contributed by atoms with Crippen molar-refractivity contribution in [1.82, 2.24) is 0 Å². The van der Waals surface area contributed by atoms with Crippen molar-refractivity contribution in [2.24, 2.45) is 0 Å². The van der Waals surface area contributed by atoms with E-state index in [0.29, 0.717) is 0 Å². The molecule has 0 amide bonds. The van der Waals surface area contributed by atoms with E-state index in [2.05, 4.69) is 133 Å². The molecule has 0 aliphatic rings. The molecule has 0 atom stereocenters. The van der Waals surface area contributed by atoms with Gasteiger partial charge in [0.15, 0.2) is 0 Å². The van der Waals surface area contributed by atoms with Crippen LogP contribution in [0.4, 0.5) is 17.1 Å². The summed E-state index contributed by atoms with van der Waals surface area (Å²) >= 11 is 0. The van der Waals surface area contributed by atoms with E-state index in [4.69, 9.17) is 0 Å². The normalized spacial score (nSPS) is 10.5. The molecule has 0 saturated heterocycles. The zero-order chi connectivity index (χ0) is 20.9. The Hall–Kier alpha value is -3.91. The van der Waals surface area contributed by atoms with E-state index in [0.717, 1.165) is 17.1 Å². The molecular weight excluding hydrogens is 373 g/mol. The van der Waals surface area contributed by atoms with Crippen molar-refractivity contribution in [1.29, 1.82) is 0 Å². The molecule has 0 spiro atoms. The molecule has 0 radical (unpaired) electrons. The standard InChI is InChI=1S/C29H22BN/c1-3-7-23(8-4-1)25-11-15-27(16-12-25)31(29-19-21-30-22-20-29)28-17-13-26(14-18-28)24-9-5-2-6-10-24/h1-22H. The molecule has 146 valence electrons. The van der Waals surface area contributed by atoms with Gasteiger partial charge in [-0.3, -0.25) is 0 Å². The summed E-state index contributed by atoms with van der Waals surface area (Å²) in [5, 5.41) is 0. The second-order valence-corrected chi connectivity index (χ2v) is 7.50. The van der Waals surface area contributed by atoms with Gasteiger partial charge in [-0.2, -0.15) is 0 Å². The Kier molecular flexibility index (Phi) is 5.45. The molecule has 0 bridgehead atoms. The van der Waals surface area contributed by atoms with Crippen LogP contribution >= 0.6 is 0 Å². The maximum absolute atomic E-state index is 2.30. The zero-order valence-electron chi connectivity index (χ0n) is 17.2. The van der Waals surface area contributed by atoms with Crippen LogP contribution in [0.25, 0.3) is 22.3 Å². The van der Waals surface area contributed by atoms with E-state index >= 15 is 0 Å². The van der Waals surface area contributed by atoms with Crippen molar-refractivity contribution >= 4 is 24.0 Å². The Bertz CT molecular complexity index is 1150. The van der Waals surface area contributed by atoms with Crippen LogP contribution in [0.15, 0.2) is 133 Å². The van der Waals surface area contributed by atoms with Crippen LogP contribution in [-0.2, 0) is 0 Å². The van der Waals surface area contributed by atoms with Crippen molar-refractivity contribution in [2.75, 3.05) is 4.90 Å². The van der Waals surface area contributed by atoms with Gasteiger partial charge in [-0.05, 0) is 0 Å². The molecule has 0 saturated carbocycles. The Morgan fingerprint density at radius 2 is 0.710 bits per heavy atom. The summed E-state index contributed by atoms with van der Waals surface area (Å²) in [5.74, 6) is 4.16. The molecule has 31 heavy (non-hydrogen) atoms. The fourth-order valence-corrected chi connectivity index (χ4v) is 3.89. The van der Waals surface area contributed by atoms with Gasteiger partial charge >= 0.3 is 184 Å². The van der Waals surface area contributed by atoms with Gasteiger partial charge in [0, 0.05) is 0 Å². The van der Waals surface area contributed by atoms with Gasteiger partial charge in [0.05, 0.1) is 0 Å². The number of hydrogen-bond donors (Lipinski definition) is 0. The number of nitrogens with zero attached hydrogens (tertiary/aromatic N) is 1. The first-order valence-corrected chi connectivity index (χ1v) is 10.5. The van der Waals surface area contributed by atoms with Gasteiger partial charge in [0.25, 0.3) is 0 Å². The topological polar surface area (TPSA) is 3.24 Å². The quantitative estimate of drug-likeness (QED) is 0.293. The summed E-state index contributed by atoms with van der Waals surface area (Å²) in [7, 11) is 0. The van der Waals surface area contributed by atoms with E-state index in [1.165, 1.54) is 22.3 Å². The summed E-state index contributed by atoms with van der Waals surface area (Å²) in [6, 6.07) is 42.8. The average Bonchev–Trinajstić information content (AvgIpc) is 2.87. The Morgan fingerprint density at radius 3 is 1.13 bits per heavy atom. The second-order valence-electron chi connectivity index (χ2n) is 7.50. The molecule has 0 N–H and O–H groups in total. The molecule has 1 nitrogen and oxygen atoms in total. The Labute approximate surface area is 184 Å². The molecule has 5 rings (SSSR count). The maximum atomic E-state index is 2.30. The fraction of sp³-hybridized carbons (Fsp3) is 0. The first-order valence-electron chi connectivity index (χ1n) is 10.5. The van der Waals surface area contributed by atoms with Crippen LogP contribution in [0.3, 0.4) is 0 Å². The number of rotatable bonds is 5. The summed E-state index contributed by atoms with van der Waals surface area (Å²) in [5.41, 5.74) is 8.31. The average molecular weight is 395 g/mol. The minimum atomic E-state index is 1.14. The zero-order valence-corrected chi connectivity index (χ0v) is 17.2. The molecule has 0 fully saturated rings. The first-order chi connectivity index (χ1) is 15.4. The van der Waals surface area contributed by atoms with Crippen molar-refractivity contribution in [2.45, 2.75) is 0 Å². The van der Waals surface area contributed by atoms with Gasteiger partial charge in [0.2, 0.25) is 0 Å². The Morgan fingerprint density at radius 1 is 0.355 bits per heavy atom. The third kappa shape index (κ3) is 4.20. The van der Waals surface area contributed by atoms with Crippen LogP contribution in [0.1, 0.15) is 0 Å². The van der Waals surface area contributed by atoms with E-state index < -0.39 is 0 Å². The molecule has 2 heteroatoms. The van der Waals surface area contributed by atoms with E-state index in [1.807, 2.05) is 12.1 Å². The van der Waals surface area contributed by atoms with Gasteiger partial charge in [0.1, 0.15) is 0 Å². The third-order valence-electron chi connectivity index (χ3n) is 5.48. The second kappa shape index (κ2) is 8.85. The predicted molar refractivity (Wildman–Crippen MR) is 133 cm³/mol. The van der Waals surface area contributed by atoms with Gasteiger partial charge in [-0.25, -0.2) is 0 Å². The fourth-order valence-electron chi connectivity index (χ4n) is 3.89. The molecule has 5 aromatic rings. The van der Waals surface area contributed by atoms with Crippen molar-refractivity contribution in [3.05, 3.63) is 133 Å². The molecule has 1 aromatic heterocycles. The molecule has 1 heterocycles.